The number of nitrogens with zero attached hydrogens (tertiary/aromatic N) is 3. The van der Waals surface area contributed by atoms with Crippen LogP contribution in [0.4, 0.5) is 0 Å². The number of fused-ring (bicyclic) bond motifs is 1. The molecule has 0 aliphatic heterocycles. The second kappa shape index (κ2) is 8.77. The van der Waals surface area contributed by atoms with Crippen LogP contribution in [0, 0.1) is 6.92 Å². The van der Waals surface area contributed by atoms with Crippen LogP contribution in [0.3, 0.4) is 0 Å². The fourth-order valence-corrected chi connectivity index (χ4v) is 4.72. The van der Waals surface area contributed by atoms with Gasteiger partial charge in [-0.05, 0) is 31.0 Å². The molecule has 2 aromatic heterocycles. The molecule has 170 valence electrons. The summed E-state index contributed by atoms with van der Waals surface area (Å²) in [5, 5.41) is 0. The van der Waals surface area contributed by atoms with Gasteiger partial charge in [0.05, 0.1) is 17.1 Å². The minimum atomic E-state index is 0.905. The van der Waals surface area contributed by atoms with Gasteiger partial charge in [-0.3, -0.25) is 8.97 Å². The number of hydrogen-bond donors (Lipinski definition) is 0. The Kier molecular flexibility index (Phi) is 5.31. The Hall–Kier alpha value is -4.37. The van der Waals surface area contributed by atoms with Crippen molar-refractivity contribution < 1.29 is 0 Å². The summed E-state index contributed by atoms with van der Waals surface area (Å²) < 4.78 is 4.53. The normalized spacial score (nSPS) is 11.3. The van der Waals surface area contributed by atoms with Gasteiger partial charge in [0.1, 0.15) is 0 Å². The molecule has 0 saturated heterocycles. The van der Waals surface area contributed by atoms with Gasteiger partial charge in [0.2, 0.25) is 5.78 Å². The van der Waals surface area contributed by atoms with E-state index in [0.29, 0.717) is 0 Å². The lowest BCUT2D eigenvalue weighted by molar-refractivity contribution is 1.07. The minimum Gasteiger partial charge on any atom is -0.282 e. The van der Waals surface area contributed by atoms with Gasteiger partial charge in [-0.25, -0.2) is 4.98 Å². The lowest BCUT2D eigenvalue weighted by Crippen LogP contribution is -1.98. The maximum Gasteiger partial charge on any atom is 0.220 e. The lowest BCUT2D eigenvalue weighted by Gasteiger charge is -2.10. The molecule has 0 bridgehead atoms. The van der Waals surface area contributed by atoms with Crippen molar-refractivity contribution in [3.05, 3.63) is 127 Å². The highest BCUT2D eigenvalue weighted by molar-refractivity contribution is 5.83. The van der Waals surface area contributed by atoms with Crippen LogP contribution in [0.15, 0.2) is 115 Å². The van der Waals surface area contributed by atoms with Crippen molar-refractivity contribution in [3.8, 4) is 39.5 Å². The van der Waals surface area contributed by atoms with Gasteiger partial charge < -0.3 is 0 Å². The predicted octanol–water partition coefficient (Wildman–Crippen LogP) is 8.00. The van der Waals surface area contributed by atoms with Crippen molar-refractivity contribution in [3.63, 3.8) is 0 Å². The molecule has 0 fully saturated rings. The Bertz CT molecular complexity index is 1590. The summed E-state index contributed by atoms with van der Waals surface area (Å²) in [4.78, 5) is 5.27. The number of aryl methyl sites for hydroxylation is 2. The van der Waals surface area contributed by atoms with Crippen LogP contribution in [-0.2, 0) is 6.42 Å². The molecule has 0 N–H and O–H groups in total. The van der Waals surface area contributed by atoms with E-state index >= 15 is 0 Å². The number of benzene rings is 4. The molecule has 0 saturated carbocycles. The lowest BCUT2D eigenvalue weighted by atomic mass is 10.0. The topological polar surface area (TPSA) is 22.2 Å². The highest BCUT2D eigenvalue weighted by atomic mass is 15.2. The van der Waals surface area contributed by atoms with E-state index in [9.17, 15) is 0 Å². The largest absolute Gasteiger partial charge is 0.282 e. The Morgan fingerprint density at radius 2 is 1.29 bits per heavy atom. The third-order valence-electron chi connectivity index (χ3n) is 6.63. The van der Waals surface area contributed by atoms with E-state index < -0.39 is 0 Å². The molecular weight excluding hydrogens is 426 g/mol. The zero-order valence-electron chi connectivity index (χ0n) is 20.0. The second-order valence-corrected chi connectivity index (χ2v) is 8.95. The van der Waals surface area contributed by atoms with E-state index in [1.807, 2.05) is 6.07 Å². The summed E-state index contributed by atoms with van der Waals surface area (Å²) in [5.74, 6) is 0.905. The smallest absolute Gasteiger partial charge is 0.220 e. The third kappa shape index (κ3) is 3.75. The highest BCUT2D eigenvalue weighted by Gasteiger charge is 2.22. The zero-order chi connectivity index (χ0) is 23.8. The standard InChI is InChI=1S/C32H27N3/c1-3-24-16-20-28(21-17-24)35-29(25-18-14-23(2)15-19-25)22-34-31(27-12-8-5-9-13-27)30(33-32(34)35)26-10-6-4-7-11-26/h4-22H,3H2,1-2H3. The summed E-state index contributed by atoms with van der Waals surface area (Å²) in [6.07, 6.45) is 3.25. The average molecular weight is 454 g/mol. The van der Waals surface area contributed by atoms with Gasteiger partial charge in [0.15, 0.2) is 0 Å². The van der Waals surface area contributed by atoms with Crippen molar-refractivity contribution in [2.24, 2.45) is 0 Å². The fraction of sp³-hybridized carbons (Fsp3) is 0.0938. The molecule has 0 aliphatic carbocycles. The molecule has 0 radical (unpaired) electrons. The monoisotopic (exact) mass is 453 g/mol. The van der Waals surface area contributed by atoms with Gasteiger partial charge in [-0.1, -0.05) is 110 Å². The molecule has 4 aromatic carbocycles. The fourth-order valence-electron chi connectivity index (χ4n) is 4.72. The summed E-state index contributed by atoms with van der Waals surface area (Å²) in [5.41, 5.74) is 10.3. The number of imidazole rings is 2. The first-order valence-electron chi connectivity index (χ1n) is 12.1. The molecule has 0 atom stereocenters. The molecule has 0 spiro atoms. The van der Waals surface area contributed by atoms with Gasteiger partial charge in [-0.2, -0.15) is 0 Å². The van der Waals surface area contributed by atoms with Crippen molar-refractivity contribution >= 4 is 5.78 Å². The molecular formula is C32H27N3. The van der Waals surface area contributed by atoms with Crippen LogP contribution >= 0.6 is 0 Å². The first-order chi connectivity index (χ1) is 17.2. The van der Waals surface area contributed by atoms with Crippen molar-refractivity contribution in [2.45, 2.75) is 20.3 Å². The van der Waals surface area contributed by atoms with E-state index in [-0.39, 0.29) is 0 Å². The quantitative estimate of drug-likeness (QED) is 0.259. The highest BCUT2D eigenvalue weighted by Crippen LogP contribution is 2.37. The molecule has 35 heavy (non-hydrogen) atoms. The number of rotatable bonds is 5. The number of aromatic nitrogens is 3. The minimum absolute atomic E-state index is 0.905. The molecule has 0 amide bonds. The Morgan fingerprint density at radius 3 is 1.91 bits per heavy atom. The maximum atomic E-state index is 5.27. The first kappa shape index (κ1) is 21.2. The SMILES string of the molecule is CCc1ccc(-n2c(-c3ccc(C)cc3)cn3c(-c4ccccc4)c(-c4ccccc4)nc23)cc1. The van der Waals surface area contributed by atoms with E-state index in [2.05, 4.69) is 132 Å². The predicted molar refractivity (Wildman–Crippen MR) is 145 cm³/mol. The van der Waals surface area contributed by atoms with Gasteiger partial charge in [0, 0.05) is 28.6 Å². The number of hydrogen-bond acceptors (Lipinski definition) is 1. The second-order valence-electron chi connectivity index (χ2n) is 8.95. The Morgan fingerprint density at radius 1 is 0.657 bits per heavy atom. The van der Waals surface area contributed by atoms with Gasteiger partial charge in [-0.15, -0.1) is 0 Å². The summed E-state index contributed by atoms with van der Waals surface area (Å²) in [7, 11) is 0. The van der Waals surface area contributed by atoms with E-state index in [0.717, 1.165) is 46.1 Å². The maximum absolute atomic E-state index is 5.27. The molecule has 6 aromatic rings. The molecule has 6 rings (SSSR count). The third-order valence-corrected chi connectivity index (χ3v) is 6.63. The first-order valence-corrected chi connectivity index (χ1v) is 12.1. The van der Waals surface area contributed by atoms with Crippen LogP contribution < -0.4 is 0 Å². The van der Waals surface area contributed by atoms with Crippen molar-refractivity contribution in [2.75, 3.05) is 0 Å². The molecule has 0 unspecified atom stereocenters. The van der Waals surface area contributed by atoms with Gasteiger partial charge >= 0.3 is 0 Å². The van der Waals surface area contributed by atoms with E-state index in [1.165, 1.54) is 16.7 Å². The van der Waals surface area contributed by atoms with E-state index in [4.69, 9.17) is 4.98 Å². The molecule has 3 heteroatoms. The van der Waals surface area contributed by atoms with Crippen molar-refractivity contribution in [1.82, 2.24) is 14.0 Å². The van der Waals surface area contributed by atoms with Crippen LogP contribution in [0.2, 0.25) is 0 Å². The molecule has 3 nitrogen and oxygen atoms in total. The summed E-state index contributed by atoms with van der Waals surface area (Å²) >= 11 is 0. The van der Waals surface area contributed by atoms with Gasteiger partial charge in [0.25, 0.3) is 0 Å². The van der Waals surface area contributed by atoms with Crippen molar-refractivity contribution in [1.29, 1.82) is 0 Å². The van der Waals surface area contributed by atoms with Crippen LogP contribution in [0.1, 0.15) is 18.1 Å². The zero-order valence-corrected chi connectivity index (χ0v) is 20.0. The van der Waals surface area contributed by atoms with E-state index in [1.54, 1.807) is 0 Å². The van der Waals surface area contributed by atoms with Crippen LogP contribution in [0.25, 0.3) is 45.2 Å². The summed E-state index contributed by atoms with van der Waals surface area (Å²) in [6, 6.07) is 38.6. The molecule has 0 aliphatic rings. The van der Waals surface area contributed by atoms with Crippen LogP contribution in [-0.4, -0.2) is 14.0 Å². The Balaban J connectivity index is 1.69. The summed E-state index contributed by atoms with van der Waals surface area (Å²) in [6.45, 7) is 4.31. The molecule has 2 heterocycles. The Labute approximate surface area is 206 Å². The average Bonchev–Trinajstić information content (AvgIpc) is 3.47. The van der Waals surface area contributed by atoms with Crippen LogP contribution in [0.5, 0.6) is 0 Å².